The summed E-state index contributed by atoms with van der Waals surface area (Å²) in [4.78, 5) is 0. The smallest absolute Gasteiger partial charge is 0.00980 e. The van der Waals surface area contributed by atoms with Crippen molar-refractivity contribution in [3.63, 3.8) is 0 Å². The van der Waals surface area contributed by atoms with Crippen LogP contribution in [0.4, 0.5) is 0 Å². The first-order valence-electron chi connectivity index (χ1n) is 7.60. The van der Waals surface area contributed by atoms with Crippen LogP contribution in [0.2, 0.25) is 0 Å². The third-order valence-electron chi connectivity index (χ3n) is 5.36. The van der Waals surface area contributed by atoms with Crippen molar-refractivity contribution in [3.8, 4) is 0 Å². The molecule has 4 unspecified atom stereocenters. The van der Waals surface area contributed by atoms with E-state index in [9.17, 15) is 0 Å². The molecule has 0 aromatic rings. The largest absolute Gasteiger partial charge is 0.314 e. The van der Waals surface area contributed by atoms with Gasteiger partial charge in [0.1, 0.15) is 0 Å². The summed E-state index contributed by atoms with van der Waals surface area (Å²) in [5.41, 5.74) is 0. The van der Waals surface area contributed by atoms with Gasteiger partial charge in [0.15, 0.2) is 0 Å². The minimum Gasteiger partial charge on any atom is -0.314 e. The molecule has 1 heteroatoms. The van der Waals surface area contributed by atoms with Crippen LogP contribution in [0.1, 0.15) is 58.3 Å². The van der Waals surface area contributed by atoms with E-state index in [-0.39, 0.29) is 0 Å². The standard InChI is InChI=1S/C15H27N/c1-2-16-15(8-6-11-3-4-11)14-10-12-5-7-13(14)9-12/h11-16H,2-10H2,1H3. The molecular weight excluding hydrogens is 194 g/mol. The fourth-order valence-electron chi connectivity index (χ4n) is 4.34. The quantitative estimate of drug-likeness (QED) is 0.723. The summed E-state index contributed by atoms with van der Waals surface area (Å²) in [6.07, 6.45) is 12.2. The average molecular weight is 221 g/mol. The van der Waals surface area contributed by atoms with Crippen LogP contribution >= 0.6 is 0 Å². The van der Waals surface area contributed by atoms with Gasteiger partial charge in [-0.15, -0.1) is 0 Å². The van der Waals surface area contributed by atoms with E-state index in [1.54, 1.807) is 25.7 Å². The summed E-state index contributed by atoms with van der Waals surface area (Å²) in [5, 5.41) is 3.79. The topological polar surface area (TPSA) is 12.0 Å². The molecule has 0 saturated heterocycles. The van der Waals surface area contributed by atoms with Crippen LogP contribution < -0.4 is 5.32 Å². The minimum absolute atomic E-state index is 0.862. The molecule has 0 aromatic heterocycles. The summed E-state index contributed by atoms with van der Waals surface area (Å²) >= 11 is 0. The van der Waals surface area contributed by atoms with Crippen molar-refractivity contribution in [1.82, 2.24) is 5.32 Å². The average Bonchev–Trinajstić information content (AvgIpc) is 2.88. The Bertz CT molecular complexity index is 234. The molecule has 0 spiro atoms. The van der Waals surface area contributed by atoms with Crippen LogP contribution in [0.15, 0.2) is 0 Å². The Morgan fingerprint density at radius 3 is 2.56 bits per heavy atom. The van der Waals surface area contributed by atoms with Crippen molar-refractivity contribution in [3.05, 3.63) is 0 Å². The molecule has 3 fully saturated rings. The number of hydrogen-bond acceptors (Lipinski definition) is 1. The van der Waals surface area contributed by atoms with Gasteiger partial charge in [-0.1, -0.05) is 26.2 Å². The predicted octanol–water partition coefficient (Wildman–Crippen LogP) is 3.59. The zero-order chi connectivity index (χ0) is 11.0. The van der Waals surface area contributed by atoms with Gasteiger partial charge < -0.3 is 5.32 Å². The van der Waals surface area contributed by atoms with Crippen LogP contribution in [0.3, 0.4) is 0 Å². The van der Waals surface area contributed by atoms with Gasteiger partial charge in [-0.05, 0) is 62.3 Å². The lowest BCUT2D eigenvalue weighted by atomic mass is 9.81. The number of rotatable bonds is 6. The Morgan fingerprint density at radius 1 is 1.12 bits per heavy atom. The zero-order valence-corrected chi connectivity index (χ0v) is 10.8. The molecule has 3 saturated carbocycles. The summed E-state index contributed by atoms with van der Waals surface area (Å²) in [7, 11) is 0. The first-order valence-corrected chi connectivity index (χ1v) is 7.60. The molecule has 3 aliphatic carbocycles. The molecule has 92 valence electrons. The molecule has 0 aromatic carbocycles. The SMILES string of the molecule is CCNC(CCC1CC1)C1CC2CCC1C2. The molecule has 4 atom stereocenters. The molecule has 1 N–H and O–H groups in total. The maximum atomic E-state index is 3.79. The normalized spacial score (nSPS) is 39.2. The van der Waals surface area contributed by atoms with Gasteiger partial charge in [-0.3, -0.25) is 0 Å². The Morgan fingerprint density at radius 2 is 2.00 bits per heavy atom. The summed E-state index contributed by atoms with van der Waals surface area (Å²) in [5.74, 6) is 4.35. The second-order valence-electron chi connectivity index (χ2n) is 6.52. The Hall–Kier alpha value is -0.0400. The van der Waals surface area contributed by atoms with E-state index in [4.69, 9.17) is 0 Å². The van der Waals surface area contributed by atoms with Crippen LogP contribution in [0, 0.1) is 23.7 Å². The highest BCUT2D eigenvalue weighted by Gasteiger charge is 2.42. The minimum atomic E-state index is 0.862. The van der Waals surface area contributed by atoms with E-state index in [0.717, 1.165) is 29.7 Å². The first-order chi connectivity index (χ1) is 7.86. The molecule has 3 rings (SSSR count). The van der Waals surface area contributed by atoms with E-state index in [1.165, 1.54) is 32.2 Å². The molecule has 2 bridgehead atoms. The predicted molar refractivity (Wildman–Crippen MR) is 68.4 cm³/mol. The Labute approximate surface area is 100 Å². The molecular formula is C15H27N. The lowest BCUT2D eigenvalue weighted by molar-refractivity contribution is 0.236. The van der Waals surface area contributed by atoms with E-state index in [0.29, 0.717) is 0 Å². The van der Waals surface area contributed by atoms with Crippen LogP contribution in [-0.2, 0) is 0 Å². The zero-order valence-electron chi connectivity index (χ0n) is 10.8. The summed E-state index contributed by atoms with van der Waals surface area (Å²) in [6, 6.07) is 0.862. The van der Waals surface area contributed by atoms with E-state index in [2.05, 4.69) is 12.2 Å². The molecule has 16 heavy (non-hydrogen) atoms. The van der Waals surface area contributed by atoms with Crippen molar-refractivity contribution in [2.45, 2.75) is 64.3 Å². The van der Waals surface area contributed by atoms with Gasteiger partial charge in [0, 0.05) is 6.04 Å². The first kappa shape index (κ1) is 11.1. The lowest BCUT2D eigenvalue weighted by Gasteiger charge is -2.31. The highest BCUT2D eigenvalue weighted by atomic mass is 14.9. The fourth-order valence-corrected chi connectivity index (χ4v) is 4.34. The summed E-state index contributed by atoms with van der Waals surface area (Å²) in [6.45, 7) is 3.44. The highest BCUT2D eigenvalue weighted by Crippen LogP contribution is 2.50. The van der Waals surface area contributed by atoms with Gasteiger partial charge in [0.2, 0.25) is 0 Å². The van der Waals surface area contributed by atoms with E-state index < -0.39 is 0 Å². The third-order valence-corrected chi connectivity index (χ3v) is 5.36. The third kappa shape index (κ3) is 2.30. The van der Waals surface area contributed by atoms with Crippen LogP contribution in [0.25, 0.3) is 0 Å². The number of nitrogens with one attached hydrogen (secondary N) is 1. The maximum absolute atomic E-state index is 3.79. The molecule has 0 heterocycles. The van der Waals surface area contributed by atoms with Crippen LogP contribution in [0.5, 0.6) is 0 Å². The Balaban J connectivity index is 1.54. The molecule has 0 aliphatic heterocycles. The van der Waals surface area contributed by atoms with Gasteiger partial charge >= 0.3 is 0 Å². The molecule has 0 amide bonds. The van der Waals surface area contributed by atoms with E-state index in [1.807, 2.05) is 0 Å². The van der Waals surface area contributed by atoms with Crippen LogP contribution in [-0.4, -0.2) is 12.6 Å². The monoisotopic (exact) mass is 221 g/mol. The fraction of sp³-hybridized carbons (Fsp3) is 1.00. The van der Waals surface area contributed by atoms with E-state index >= 15 is 0 Å². The van der Waals surface area contributed by atoms with Crippen molar-refractivity contribution < 1.29 is 0 Å². The molecule has 1 nitrogen and oxygen atoms in total. The van der Waals surface area contributed by atoms with Crippen molar-refractivity contribution >= 4 is 0 Å². The number of fused-ring (bicyclic) bond motifs is 2. The summed E-state index contributed by atoms with van der Waals surface area (Å²) < 4.78 is 0. The highest BCUT2D eigenvalue weighted by molar-refractivity contribution is 4.95. The van der Waals surface area contributed by atoms with Crippen molar-refractivity contribution in [1.29, 1.82) is 0 Å². The lowest BCUT2D eigenvalue weighted by Crippen LogP contribution is -2.38. The van der Waals surface area contributed by atoms with Crippen molar-refractivity contribution in [2.24, 2.45) is 23.7 Å². The number of hydrogen-bond donors (Lipinski definition) is 1. The molecule has 0 radical (unpaired) electrons. The van der Waals surface area contributed by atoms with Gasteiger partial charge in [-0.2, -0.15) is 0 Å². The van der Waals surface area contributed by atoms with Crippen molar-refractivity contribution in [2.75, 3.05) is 6.54 Å². The second-order valence-corrected chi connectivity index (χ2v) is 6.52. The van der Waals surface area contributed by atoms with Gasteiger partial charge in [0.25, 0.3) is 0 Å². The van der Waals surface area contributed by atoms with Gasteiger partial charge in [0.05, 0.1) is 0 Å². The molecule has 3 aliphatic rings. The second kappa shape index (κ2) is 4.68. The van der Waals surface area contributed by atoms with Gasteiger partial charge in [-0.25, -0.2) is 0 Å². The Kier molecular flexibility index (Phi) is 3.24. The maximum Gasteiger partial charge on any atom is 0.00980 e.